The number of hydrogen-bond acceptors (Lipinski definition) is 8. The van der Waals surface area contributed by atoms with Gasteiger partial charge in [-0.2, -0.15) is 0 Å². The van der Waals surface area contributed by atoms with Gasteiger partial charge in [0.1, 0.15) is 5.66 Å². The lowest BCUT2D eigenvalue weighted by Gasteiger charge is -2.29. The standard InChI is InChI=1S/C12H16N4.C12H14N4/c13-10-4-1-8(2-5-10)9-3-6-11(14)12(15,16)7-9;13-8-3-1-7(2-4-8)9-5-6-10(14)12(16)11(9)15/h1-6H,7,13-16H2;1-6H,13-16H2. The van der Waals surface area contributed by atoms with Gasteiger partial charge in [0.2, 0.25) is 0 Å². The third-order valence-corrected chi connectivity index (χ3v) is 5.31. The SMILES string of the molecule is NC1=CC=C(c2ccc(N)cc2)CC1(N)N.Nc1ccc(-c2ccc(N)c(N)c2N)cc1. The zero-order chi connectivity index (χ0) is 23.5. The Kier molecular flexibility index (Phi) is 6.29. The molecule has 1 aliphatic carbocycles. The number of hydrogen-bond donors (Lipinski definition) is 8. The Morgan fingerprint density at radius 1 is 0.562 bits per heavy atom. The molecule has 0 aliphatic heterocycles. The molecule has 0 radical (unpaired) electrons. The fraction of sp³-hybridized carbons (Fsp3) is 0.0833. The highest BCUT2D eigenvalue weighted by molar-refractivity contribution is 5.90. The molecule has 4 rings (SSSR count). The summed E-state index contributed by atoms with van der Waals surface area (Å²) in [6.07, 6.45) is 4.23. The first-order valence-corrected chi connectivity index (χ1v) is 9.98. The van der Waals surface area contributed by atoms with Crippen LogP contribution in [-0.4, -0.2) is 5.66 Å². The number of anilines is 5. The molecule has 0 spiro atoms. The Morgan fingerprint density at radius 3 is 1.62 bits per heavy atom. The number of nitrogens with two attached hydrogens (primary N) is 8. The molecule has 1 aliphatic rings. The van der Waals surface area contributed by atoms with Crippen molar-refractivity contribution >= 4 is 34.0 Å². The van der Waals surface area contributed by atoms with Gasteiger partial charge in [-0.25, -0.2) is 0 Å². The van der Waals surface area contributed by atoms with E-state index in [1.54, 1.807) is 12.1 Å². The Hall–Kier alpha value is -4.14. The van der Waals surface area contributed by atoms with Crippen molar-refractivity contribution in [2.75, 3.05) is 28.7 Å². The van der Waals surface area contributed by atoms with E-state index in [1.807, 2.05) is 60.7 Å². The smallest absolute Gasteiger partial charge is 0.109 e. The van der Waals surface area contributed by atoms with Gasteiger partial charge in [-0.15, -0.1) is 0 Å². The molecule has 0 heterocycles. The predicted molar refractivity (Wildman–Crippen MR) is 136 cm³/mol. The molecular weight excluding hydrogens is 400 g/mol. The van der Waals surface area contributed by atoms with E-state index in [4.69, 9.17) is 45.9 Å². The van der Waals surface area contributed by atoms with Crippen LogP contribution in [-0.2, 0) is 0 Å². The fourth-order valence-electron chi connectivity index (χ4n) is 3.28. The van der Waals surface area contributed by atoms with Crippen LogP contribution in [0, 0.1) is 0 Å². The second-order valence-electron chi connectivity index (χ2n) is 7.80. The molecule has 0 aromatic heterocycles. The van der Waals surface area contributed by atoms with Crippen molar-refractivity contribution in [3.05, 3.63) is 84.1 Å². The Bertz CT molecular complexity index is 1160. The lowest BCUT2D eigenvalue weighted by Crippen LogP contribution is -2.54. The third-order valence-electron chi connectivity index (χ3n) is 5.31. The molecular formula is C24H30N8. The number of rotatable bonds is 2. The number of benzene rings is 3. The van der Waals surface area contributed by atoms with Crippen molar-refractivity contribution in [2.45, 2.75) is 12.1 Å². The lowest BCUT2D eigenvalue weighted by molar-refractivity contribution is 0.523. The minimum atomic E-state index is -0.953. The average Bonchev–Trinajstić information content (AvgIpc) is 2.76. The molecule has 3 aromatic carbocycles. The van der Waals surface area contributed by atoms with E-state index in [0.29, 0.717) is 34.9 Å². The Morgan fingerprint density at radius 2 is 1.09 bits per heavy atom. The van der Waals surface area contributed by atoms with Crippen LogP contribution in [0.3, 0.4) is 0 Å². The highest BCUT2D eigenvalue weighted by Crippen LogP contribution is 2.34. The Labute approximate surface area is 187 Å². The van der Waals surface area contributed by atoms with Crippen LogP contribution in [0.1, 0.15) is 12.0 Å². The van der Waals surface area contributed by atoms with E-state index in [2.05, 4.69) is 0 Å². The van der Waals surface area contributed by atoms with Crippen molar-refractivity contribution in [2.24, 2.45) is 17.2 Å². The molecule has 0 saturated carbocycles. The van der Waals surface area contributed by atoms with Crippen molar-refractivity contribution in [3.8, 4) is 11.1 Å². The van der Waals surface area contributed by atoms with Crippen LogP contribution in [0.25, 0.3) is 16.7 Å². The maximum atomic E-state index is 5.92. The summed E-state index contributed by atoms with van der Waals surface area (Å²) < 4.78 is 0. The molecule has 3 aromatic rings. The third kappa shape index (κ3) is 4.94. The maximum absolute atomic E-state index is 5.92. The molecule has 0 unspecified atom stereocenters. The second-order valence-corrected chi connectivity index (χ2v) is 7.80. The van der Waals surface area contributed by atoms with Crippen LogP contribution in [0.2, 0.25) is 0 Å². The van der Waals surface area contributed by atoms with Crippen molar-refractivity contribution < 1.29 is 0 Å². The minimum absolute atomic E-state index is 0.425. The van der Waals surface area contributed by atoms with Crippen LogP contribution in [0.4, 0.5) is 28.4 Å². The summed E-state index contributed by atoms with van der Waals surface area (Å²) in [4.78, 5) is 0. The molecule has 8 nitrogen and oxygen atoms in total. The monoisotopic (exact) mass is 430 g/mol. The molecule has 0 fully saturated rings. The fourth-order valence-corrected chi connectivity index (χ4v) is 3.28. The first-order chi connectivity index (χ1) is 15.1. The van der Waals surface area contributed by atoms with Crippen molar-refractivity contribution in [1.29, 1.82) is 0 Å². The van der Waals surface area contributed by atoms with Gasteiger partial charge in [-0.05, 0) is 53.1 Å². The van der Waals surface area contributed by atoms with E-state index in [0.717, 1.165) is 28.0 Å². The molecule has 16 N–H and O–H groups in total. The van der Waals surface area contributed by atoms with Crippen LogP contribution in [0.15, 0.2) is 78.5 Å². The van der Waals surface area contributed by atoms with Gasteiger partial charge in [0.15, 0.2) is 0 Å². The van der Waals surface area contributed by atoms with E-state index in [1.165, 1.54) is 0 Å². The van der Waals surface area contributed by atoms with Crippen molar-refractivity contribution in [3.63, 3.8) is 0 Å². The van der Waals surface area contributed by atoms with Gasteiger partial charge in [0.25, 0.3) is 0 Å². The molecule has 0 bridgehead atoms. The van der Waals surface area contributed by atoms with Gasteiger partial charge in [0, 0.05) is 29.1 Å². The zero-order valence-corrected chi connectivity index (χ0v) is 17.8. The van der Waals surface area contributed by atoms with Gasteiger partial charge in [-0.3, -0.25) is 0 Å². The van der Waals surface area contributed by atoms with Crippen LogP contribution < -0.4 is 45.9 Å². The van der Waals surface area contributed by atoms with E-state index in [9.17, 15) is 0 Å². The summed E-state index contributed by atoms with van der Waals surface area (Å²) in [7, 11) is 0. The molecule has 166 valence electrons. The zero-order valence-electron chi connectivity index (χ0n) is 17.8. The van der Waals surface area contributed by atoms with Crippen LogP contribution >= 0.6 is 0 Å². The normalized spacial score (nSPS) is 14.6. The number of nitrogen functional groups attached to an aromatic ring is 5. The van der Waals surface area contributed by atoms with Crippen molar-refractivity contribution in [1.82, 2.24) is 0 Å². The van der Waals surface area contributed by atoms with E-state index in [-0.39, 0.29) is 0 Å². The molecule has 0 amide bonds. The quantitative estimate of drug-likeness (QED) is 0.222. The van der Waals surface area contributed by atoms with Gasteiger partial charge in [0.05, 0.1) is 17.1 Å². The first kappa shape index (κ1) is 22.5. The van der Waals surface area contributed by atoms with Gasteiger partial charge < -0.3 is 45.9 Å². The summed E-state index contributed by atoms with van der Waals surface area (Å²) in [6, 6.07) is 18.7. The van der Waals surface area contributed by atoms with Gasteiger partial charge in [-0.1, -0.05) is 36.4 Å². The topological polar surface area (TPSA) is 208 Å². The summed E-state index contributed by atoms with van der Waals surface area (Å²) in [5.74, 6) is 0. The van der Waals surface area contributed by atoms with Gasteiger partial charge >= 0.3 is 0 Å². The lowest BCUT2D eigenvalue weighted by atomic mass is 9.89. The molecule has 0 saturated heterocycles. The summed E-state index contributed by atoms with van der Waals surface area (Å²) in [5, 5.41) is 0. The second kappa shape index (κ2) is 8.93. The average molecular weight is 431 g/mol. The number of allylic oxidation sites excluding steroid dienone is 2. The first-order valence-electron chi connectivity index (χ1n) is 9.98. The molecule has 8 heteroatoms. The van der Waals surface area contributed by atoms with E-state index >= 15 is 0 Å². The summed E-state index contributed by atoms with van der Waals surface area (Å²) in [6.45, 7) is 0. The highest BCUT2D eigenvalue weighted by Gasteiger charge is 2.26. The highest BCUT2D eigenvalue weighted by atomic mass is 15.0. The molecule has 0 atom stereocenters. The summed E-state index contributed by atoms with van der Waals surface area (Å²) in [5.41, 5.74) is 52.5. The van der Waals surface area contributed by atoms with E-state index < -0.39 is 5.66 Å². The largest absolute Gasteiger partial charge is 0.399 e. The van der Waals surface area contributed by atoms with Crippen LogP contribution in [0.5, 0.6) is 0 Å². The minimum Gasteiger partial charge on any atom is -0.399 e. The summed E-state index contributed by atoms with van der Waals surface area (Å²) >= 11 is 0. The predicted octanol–water partition coefficient (Wildman–Crippen LogP) is 2.19. The molecule has 32 heavy (non-hydrogen) atoms. The Balaban J connectivity index is 0.000000181. The maximum Gasteiger partial charge on any atom is 0.109 e.